The number of carbonyl (C=O) groups is 1. The number of nitrogens with zero attached hydrogens (tertiary/aromatic N) is 2. The molecule has 1 aliphatic heterocycles. The summed E-state index contributed by atoms with van der Waals surface area (Å²) in [5, 5.41) is 15.5. The molecule has 2 heterocycles. The van der Waals surface area contributed by atoms with Gasteiger partial charge in [0.25, 0.3) is 0 Å². The number of carboxylic acids is 1. The second kappa shape index (κ2) is 6.10. The molecule has 0 amide bonds. The molecule has 1 atom stereocenters. The summed E-state index contributed by atoms with van der Waals surface area (Å²) in [5.74, 6) is -0.417. The van der Waals surface area contributed by atoms with Crippen LogP contribution in [-0.2, 0) is 6.54 Å². The number of carboxylic acid groups (broad SMARTS) is 1. The van der Waals surface area contributed by atoms with Gasteiger partial charge >= 0.3 is 5.97 Å². The molecule has 5 nitrogen and oxygen atoms in total. The Balaban J connectivity index is 1.69. The molecular formula is C16H19N3O2. The van der Waals surface area contributed by atoms with Gasteiger partial charge in [0.1, 0.15) is 5.69 Å². The van der Waals surface area contributed by atoms with Crippen molar-refractivity contribution in [1.82, 2.24) is 15.1 Å². The first kappa shape index (κ1) is 13.8. The zero-order valence-electron chi connectivity index (χ0n) is 11.8. The zero-order chi connectivity index (χ0) is 14.7. The molecule has 21 heavy (non-hydrogen) atoms. The fourth-order valence-electron chi connectivity index (χ4n) is 3.05. The third-order valence-corrected chi connectivity index (χ3v) is 4.10. The van der Waals surface area contributed by atoms with Crippen LogP contribution in [0.4, 0.5) is 0 Å². The number of H-pyrrole nitrogens is 1. The maximum atomic E-state index is 11.1. The molecule has 110 valence electrons. The van der Waals surface area contributed by atoms with Crippen molar-refractivity contribution in [1.29, 1.82) is 0 Å². The summed E-state index contributed by atoms with van der Waals surface area (Å²) < 4.78 is 0. The highest BCUT2D eigenvalue weighted by Crippen LogP contribution is 2.27. The van der Waals surface area contributed by atoms with Crippen LogP contribution in [0.25, 0.3) is 0 Å². The Hall–Kier alpha value is -2.14. The number of rotatable bonds is 4. The van der Waals surface area contributed by atoms with Gasteiger partial charge in [-0.2, -0.15) is 5.10 Å². The van der Waals surface area contributed by atoms with Gasteiger partial charge in [0.2, 0.25) is 0 Å². The number of nitrogens with one attached hydrogen (secondary N) is 1. The molecule has 0 saturated carbocycles. The Kier molecular flexibility index (Phi) is 4.01. The molecule has 2 aromatic rings. The predicted molar refractivity (Wildman–Crippen MR) is 79.2 cm³/mol. The van der Waals surface area contributed by atoms with Gasteiger partial charge in [-0.3, -0.25) is 10.00 Å². The summed E-state index contributed by atoms with van der Waals surface area (Å²) in [7, 11) is 0. The maximum absolute atomic E-state index is 11.1. The van der Waals surface area contributed by atoms with E-state index in [-0.39, 0.29) is 5.69 Å². The summed E-state index contributed by atoms with van der Waals surface area (Å²) in [6.07, 6.45) is 3.95. The van der Waals surface area contributed by atoms with Crippen LogP contribution in [0.2, 0.25) is 0 Å². The van der Waals surface area contributed by atoms with Gasteiger partial charge in [0.05, 0.1) is 6.20 Å². The summed E-state index contributed by atoms with van der Waals surface area (Å²) in [4.78, 5) is 13.4. The van der Waals surface area contributed by atoms with Crippen molar-refractivity contribution in [3.8, 4) is 0 Å². The topological polar surface area (TPSA) is 69.2 Å². The lowest BCUT2D eigenvalue weighted by molar-refractivity contribution is 0.0687. The Bertz CT molecular complexity index is 609. The van der Waals surface area contributed by atoms with Crippen LogP contribution < -0.4 is 0 Å². The molecule has 5 heteroatoms. The van der Waals surface area contributed by atoms with Gasteiger partial charge in [0.15, 0.2) is 0 Å². The Morgan fingerprint density at radius 3 is 2.95 bits per heavy atom. The van der Waals surface area contributed by atoms with Crippen molar-refractivity contribution in [3.63, 3.8) is 0 Å². The van der Waals surface area contributed by atoms with Crippen LogP contribution in [0, 0.1) is 0 Å². The third-order valence-electron chi connectivity index (χ3n) is 4.10. The van der Waals surface area contributed by atoms with Crippen molar-refractivity contribution >= 4 is 5.97 Å². The molecule has 1 saturated heterocycles. The highest BCUT2D eigenvalue weighted by molar-refractivity contribution is 5.86. The van der Waals surface area contributed by atoms with Crippen LogP contribution in [-0.4, -0.2) is 39.3 Å². The number of aromatic carboxylic acids is 1. The van der Waals surface area contributed by atoms with Crippen LogP contribution >= 0.6 is 0 Å². The lowest BCUT2D eigenvalue weighted by atomic mass is 9.90. The standard InChI is InChI=1S/C16H19N3O2/c20-16(21)15-14(9-17-18-15)11-19-8-4-7-13(10-19)12-5-2-1-3-6-12/h1-3,5-6,9,13H,4,7-8,10-11H2,(H,17,18)(H,20,21). The smallest absolute Gasteiger partial charge is 0.354 e. The Morgan fingerprint density at radius 2 is 2.19 bits per heavy atom. The molecule has 1 aliphatic rings. The SMILES string of the molecule is O=C(O)c1[nH]ncc1CN1CCCC(c2ccccc2)C1. The minimum atomic E-state index is -0.945. The lowest BCUT2D eigenvalue weighted by Crippen LogP contribution is -2.34. The van der Waals surface area contributed by atoms with Crippen molar-refractivity contribution < 1.29 is 9.90 Å². The van der Waals surface area contributed by atoms with Crippen LogP contribution in [0.15, 0.2) is 36.5 Å². The summed E-state index contributed by atoms with van der Waals surface area (Å²) in [6, 6.07) is 10.5. The Labute approximate surface area is 123 Å². The molecule has 1 aromatic carbocycles. The minimum Gasteiger partial charge on any atom is -0.477 e. The van der Waals surface area contributed by atoms with E-state index in [0.717, 1.165) is 25.1 Å². The van der Waals surface area contributed by atoms with Crippen molar-refractivity contribution in [3.05, 3.63) is 53.3 Å². The predicted octanol–water partition coefficient (Wildman–Crippen LogP) is 2.49. The first-order valence-electron chi connectivity index (χ1n) is 7.27. The van der Waals surface area contributed by atoms with Gasteiger partial charge in [-0.05, 0) is 30.9 Å². The van der Waals surface area contributed by atoms with Crippen LogP contribution in [0.5, 0.6) is 0 Å². The van der Waals surface area contributed by atoms with E-state index in [1.54, 1.807) is 6.20 Å². The average Bonchev–Trinajstić information content (AvgIpc) is 2.97. The molecule has 1 unspecified atom stereocenters. The van der Waals surface area contributed by atoms with Gasteiger partial charge in [-0.1, -0.05) is 30.3 Å². The van der Waals surface area contributed by atoms with Gasteiger partial charge in [-0.15, -0.1) is 0 Å². The number of benzene rings is 1. The largest absolute Gasteiger partial charge is 0.477 e. The van der Waals surface area contributed by atoms with E-state index in [2.05, 4.69) is 39.4 Å². The number of piperidine rings is 1. The van der Waals surface area contributed by atoms with E-state index < -0.39 is 5.97 Å². The van der Waals surface area contributed by atoms with Gasteiger partial charge in [-0.25, -0.2) is 4.79 Å². The molecule has 1 fully saturated rings. The lowest BCUT2D eigenvalue weighted by Gasteiger charge is -2.32. The van der Waals surface area contributed by atoms with E-state index in [1.165, 1.54) is 12.0 Å². The highest BCUT2D eigenvalue weighted by atomic mass is 16.4. The first-order chi connectivity index (χ1) is 10.2. The second-order valence-electron chi connectivity index (χ2n) is 5.56. The maximum Gasteiger partial charge on any atom is 0.354 e. The van der Waals surface area contributed by atoms with E-state index in [1.807, 2.05) is 6.07 Å². The molecule has 0 radical (unpaired) electrons. The molecule has 2 N–H and O–H groups in total. The number of hydrogen-bond donors (Lipinski definition) is 2. The number of likely N-dealkylation sites (tertiary alicyclic amines) is 1. The van der Waals surface area contributed by atoms with Crippen LogP contribution in [0.1, 0.15) is 40.4 Å². The van der Waals surface area contributed by atoms with Gasteiger partial charge in [0, 0.05) is 18.7 Å². The molecule has 0 bridgehead atoms. The number of aromatic amines is 1. The highest BCUT2D eigenvalue weighted by Gasteiger charge is 2.23. The monoisotopic (exact) mass is 285 g/mol. The summed E-state index contributed by atoms with van der Waals surface area (Å²) in [6.45, 7) is 2.61. The number of aromatic nitrogens is 2. The van der Waals surface area contributed by atoms with Gasteiger partial charge < -0.3 is 5.11 Å². The fourth-order valence-corrected chi connectivity index (χ4v) is 3.05. The molecule has 0 aliphatic carbocycles. The normalized spacial score (nSPS) is 19.5. The van der Waals surface area contributed by atoms with E-state index >= 15 is 0 Å². The quantitative estimate of drug-likeness (QED) is 0.905. The fraction of sp³-hybridized carbons (Fsp3) is 0.375. The van der Waals surface area contributed by atoms with Crippen LogP contribution in [0.3, 0.4) is 0 Å². The zero-order valence-corrected chi connectivity index (χ0v) is 11.8. The van der Waals surface area contributed by atoms with Crippen molar-refractivity contribution in [2.75, 3.05) is 13.1 Å². The first-order valence-corrected chi connectivity index (χ1v) is 7.27. The van der Waals surface area contributed by atoms with E-state index in [0.29, 0.717) is 12.5 Å². The molecular weight excluding hydrogens is 266 g/mol. The molecule has 3 rings (SSSR count). The van der Waals surface area contributed by atoms with Crippen molar-refractivity contribution in [2.24, 2.45) is 0 Å². The molecule has 0 spiro atoms. The van der Waals surface area contributed by atoms with E-state index in [4.69, 9.17) is 5.11 Å². The minimum absolute atomic E-state index is 0.205. The number of hydrogen-bond acceptors (Lipinski definition) is 3. The third kappa shape index (κ3) is 3.13. The van der Waals surface area contributed by atoms with E-state index in [9.17, 15) is 4.79 Å². The average molecular weight is 285 g/mol. The summed E-state index contributed by atoms with van der Waals surface area (Å²) >= 11 is 0. The second-order valence-corrected chi connectivity index (χ2v) is 5.56. The summed E-state index contributed by atoms with van der Waals surface area (Å²) in [5.41, 5.74) is 2.33. The van der Waals surface area contributed by atoms with Crippen molar-refractivity contribution in [2.45, 2.75) is 25.3 Å². The molecule has 1 aromatic heterocycles. The Morgan fingerprint density at radius 1 is 1.38 bits per heavy atom.